The fourth-order valence-corrected chi connectivity index (χ4v) is 5.99. The summed E-state index contributed by atoms with van der Waals surface area (Å²) >= 11 is 0. The van der Waals surface area contributed by atoms with E-state index in [1.807, 2.05) is 47.4 Å². The number of imidazole rings is 1. The molecule has 0 saturated carbocycles. The highest BCUT2D eigenvalue weighted by molar-refractivity contribution is 6.01. The molecule has 2 aliphatic heterocycles. The van der Waals surface area contributed by atoms with E-state index in [-0.39, 0.29) is 18.0 Å². The van der Waals surface area contributed by atoms with Crippen LogP contribution in [0.2, 0.25) is 0 Å². The van der Waals surface area contributed by atoms with Crippen LogP contribution in [0, 0.1) is 0 Å². The predicted octanol–water partition coefficient (Wildman–Crippen LogP) is 4.85. The van der Waals surface area contributed by atoms with Crippen molar-refractivity contribution in [3.8, 4) is 5.69 Å². The number of fused-ring (bicyclic) bond motifs is 1. The molecule has 1 amide bonds. The highest BCUT2D eigenvalue weighted by atomic mass is 16.2. The van der Waals surface area contributed by atoms with Crippen molar-refractivity contribution in [3.63, 3.8) is 0 Å². The molecule has 2 unspecified atom stereocenters. The lowest BCUT2D eigenvalue weighted by molar-refractivity contribution is 0.0936. The number of nitrogens with one attached hydrogen (secondary N) is 3. The Bertz CT molecular complexity index is 1380. The Morgan fingerprint density at radius 2 is 2.03 bits per heavy atom. The lowest BCUT2D eigenvalue weighted by Gasteiger charge is -2.34. The first-order valence-corrected chi connectivity index (χ1v) is 14.2. The second kappa shape index (κ2) is 11.5. The number of aromatic amines is 1. The number of amidine groups is 1. The van der Waals surface area contributed by atoms with E-state index in [0.717, 1.165) is 54.8 Å². The average molecular weight is 524 g/mol. The molecule has 1 saturated heterocycles. The Morgan fingerprint density at radius 3 is 2.77 bits per heavy atom. The zero-order valence-corrected chi connectivity index (χ0v) is 22.5. The summed E-state index contributed by atoms with van der Waals surface area (Å²) in [6, 6.07) is 19.0. The van der Waals surface area contributed by atoms with Gasteiger partial charge in [-0.25, -0.2) is 4.98 Å². The third-order valence-electron chi connectivity index (χ3n) is 7.97. The minimum absolute atomic E-state index is 0.0840. The lowest BCUT2D eigenvalue weighted by atomic mass is 9.96. The van der Waals surface area contributed by atoms with Gasteiger partial charge >= 0.3 is 0 Å². The van der Waals surface area contributed by atoms with Crippen LogP contribution in [0.5, 0.6) is 0 Å². The molecule has 0 bridgehead atoms. The standard InChI is InChI=1S/C31H37N7O/c1-2-16-38-29(22-10-12-25(13-11-22)37-17-15-32-21-37)20-34-30(38)27(19-24-8-5-6-14-33-24)36-31(39)28-18-23-7-3-4-9-26(23)35-28/h3-4,7,9-13,15,17-18,21,24,27,29,33,35H,2,5-6,8,14,16,19-20H2,1H3,(H,36,39)/t24?,27-,29?/m0/s1. The molecule has 2 aromatic heterocycles. The quantitative estimate of drug-likeness (QED) is 0.293. The predicted molar refractivity (Wildman–Crippen MR) is 155 cm³/mol. The Balaban J connectivity index is 1.25. The van der Waals surface area contributed by atoms with Crippen molar-refractivity contribution in [2.45, 2.75) is 57.2 Å². The van der Waals surface area contributed by atoms with E-state index in [2.05, 4.69) is 56.7 Å². The molecule has 1 fully saturated rings. The molecule has 6 rings (SSSR count). The Kier molecular flexibility index (Phi) is 7.45. The van der Waals surface area contributed by atoms with E-state index >= 15 is 0 Å². The summed E-state index contributed by atoms with van der Waals surface area (Å²) in [7, 11) is 0. The number of rotatable bonds is 9. The summed E-state index contributed by atoms with van der Waals surface area (Å²) in [4.78, 5) is 28.5. The molecule has 39 heavy (non-hydrogen) atoms. The van der Waals surface area contributed by atoms with Crippen molar-refractivity contribution >= 4 is 22.6 Å². The molecule has 2 aromatic carbocycles. The first-order valence-electron chi connectivity index (χ1n) is 14.2. The molecule has 8 heteroatoms. The number of hydrogen-bond donors (Lipinski definition) is 3. The van der Waals surface area contributed by atoms with Crippen molar-refractivity contribution in [1.29, 1.82) is 0 Å². The molecule has 3 atom stereocenters. The second-order valence-electron chi connectivity index (χ2n) is 10.6. The molecule has 2 aliphatic rings. The summed E-state index contributed by atoms with van der Waals surface area (Å²) in [6.45, 7) is 4.82. The molecule has 4 heterocycles. The third kappa shape index (κ3) is 5.47. The Morgan fingerprint density at radius 1 is 1.15 bits per heavy atom. The number of aromatic nitrogens is 3. The molecule has 0 aliphatic carbocycles. The van der Waals surface area contributed by atoms with Crippen molar-refractivity contribution < 1.29 is 4.79 Å². The number of carbonyl (C=O) groups is 1. The monoisotopic (exact) mass is 523 g/mol. The number of nitrogens with zero attached hydrogens (tertiary/aromatic N) is 4. The first kappa shape index (κ1) is 25.4. The first-order chi connectivity index (χ1) is 19.2. The molecule has 202 valence electrons. The van der Waals surface area contributed by atoms with Gasteiger partial charge in [0.25, 0.3) is 5.91 Å². The van der Waals surface area contributed by atoms with Gasteiger partial charge in [0.1, 0.15) is 11.5 Å². The number of para-hydroxylation sites is 1. The van der Waals surface area contributed by atoms with E-state index < -0.39 is 0 Å². The van der Waals surface area contributed by atoms with Crippen LogP contribution in [0.3, 0.4) is 0 Å². The van der Waals surface area contributed by atoms with Crippen LogP contribution in [0.1, 0.15) is 61.1 Å². The van der Waals surface area contributed by atoms with E-state index in [1.54, 1.807) is 6.20 Å². The van der Waals surface area contributed by atoms with E-state index in [0.29, 0.717) is 18.3 Å². The maximum atomic E-state index is 13.5. The van der Waals surface area contributed by atoms with Gasteiger partial charge in [0.15, 0.2) is 0 Å². The topological polar surface area (TPSA) is 90.3 Å². The SMILES string of the molecule is CCCN1C([C@H](CC2CCCCN2)NC(=O)c2cc3ccccc3[nH]2)=NCC1c1ccc(-n2ccnc2)cc1. The number of H-pyrrole nitrogens is 1. The zero-order valence-electron chi connectivity index (χ0n) is 22.5. The fraction of sp³-hybridized carbons (Fsp3) is 0.387. The minimum atomic E-state index is -0.165. The lowest BCUT2D eigenvalue weighted by Crippen LogP contribution is -2.51. The van der Waals surface area contributed by atoms with Crippen molar-refractivity contribution in [1.82, 2.24) is 30.1 Å². The maximum Gasteiger partial charge on any atom is 0.268 e. The van der Waals surface area contributed by atoms with Crippen molar-refractivity contribution in [2.75, 3.05) is 19.6 Å². The zero-order chi connectivity index (χ0) is 26.6. The number of carbonyl (C=O) groups excluding carboxylic acids is 1. The van der Waals surface area contributed by atoms with Gasteiger partial charge in [0.2, 0.25) is 0 Å². The van der Waals surface area contributed by atoms with Crippen LogP contribution >= 0.6 is 0 Å². The van der Waals surface area contributed by atoms with Gasteiger partial charge in [-0.15, -0.1) is 0 Å². The smallest absolute Gasteiger partial charge is 0.268 e. The molecule has 0 radical (unpaired) electrons. The fourth-order valence-electron chi connectivity index (χ4n) is 5.99. The van der Waals surface area contributed by atoms with Gasteiger partial charge < -0.3 is 25.1 Å². The summed E-state index contributed by atoms with van der Waals surface area (Å²) in [5, 5.41) is 8.10. The molecule has 3 N–H and O–H groups in total. The Labute approximate surface area is 229 Å². The molecular weight excluding hydrogens is 486 g/mol. The summed E-state index contributed by atoms with van der Waals surface area (Å²) < 4.78 is 2.01. The molecule has 0 spiro atoms. The largest absolute Gasteiger partial charge is 0.351 e. The summed E-state index contributed by atoms with van der Waals surface area (Å²) in [6.07, 6.45) is 11.0. The number of hydrogen-bond acceptors (Lipinski definition) is 5. The normalized spacial score (nSPS) is 20.2. The van der Waals surface area contributed by atoms with Gasteiger partial charge in [-0.05, 0) is 62.1 Å². The van der Waals surface area contributed by atoms with Crippen molar-refractivity contribution in [3.05, 3.63) is 84.6 Å². The van der Waals surface area contributed by atoms with Gasteiger partial charge in [0, 0.05) is 41.6 Å². The van der Waals surface area contributed by atoms with Crippen LogP contribution in [0.4, 0.5) is 0 Å². The van der Waals surface area contributed by atoms with E-state index in [4.69, 9.17) is 4.99 Å². The van der Waals surface area contributed by atoms with Gasteiger partial charge in [0.05, 0.1) is 25.0 Å². The van der Waals surface area contributed by atoms with Gasteiger partial charge in [-0.1, -0.05) is 43.7 Å². The van der Waals surface area contributed by atoms with E-state index in [1.165, 1.54) is 18.4 Å². The number of aliphatic imine (C=N–C) groups is 1. The molecular formula is C31H37N7O. The summed E-state index contributed by atoms with van der Waals surface area (Å²) in [5.74, 6) is 0.914. The van der Waals surface area contributed by atoms with Crippen LogP contribution in [-0.4, -0.2) is 62.9 Å². The second-order valence-corrected chi connectivity index (χ2v) is 10.6. The number of amides is 1. The average Bonchev–Trinajstić information content (AvgIpc) is 3.74. The maximum absolute atomic E-state index is 13.5. The number of piperidine rings is 1. The molecule has 8 nitrogen and oxygen atoms in total. The minimum Gasteiger partial charge on any atom is -0.351 e. The Hall–Kier alpha value is -3.91. The van der Waals surface area contributed by atoms with Crippen molar-refractivity contribution in [2.24, 2.45) is 4.99 Å². The highest BCUT2D eigenvalue weighted by Gasteiger charge is 2.35. The van der Waals surface area contributed by atoms with Crippen LogP contribution in [0.25, 0.3) is 16.6 Å². The van der Waals surface area contributed by atoms with Crippen LogP contribution < -0.4 is 10.6 Å². The molecule has 4 aromatic rings. The van der Waals surface area contributed by atoms with Crippen LogP contribution in [0.15, 0.2) is 78.3 Å². The third-order valence-corrected chi connectivity index (χ3v) is 7.97. The van der Waals surface area contributed by atoms with E-state index in [9.17, 15) is 4.79 Å². The summed E-state index contributed by atoms with van der Waals surface area (Å²) in [5.41, 5.74) is 3.88. The highest BCUT2D eigenvalue weighted by Crippen LogP contribution is 2.30. The number of benzene rings is 2. The van der Waals surface area contributed by atoms with Crippen LogP contribution in [-0.2, 0) is 0 Å². The van der Waals surface area contributed by atoms with Gasteiger partial charge in [-0.3, -0.25) is 9.79 Å². The van der Waals surface area contributed by atoms with Gasteiger partial charge in [-0.2, -0.15) is 0 Å².